The van der Waals surface area contributed by atoms with E-state index in [-0.39, 0.29) is 5.91 Å². The minimum atomic E-state index is 0.189. The summed E-state index contributed by atoms with van der Waals surface area (Å²) in [7, 11) is 0. The second-order valence-electron chi connectivity index (χ2n) is 3.90. The van der Waals surface area contributed by atoms with Gasteiger partial charge < -0.3 is 5.32 Å². The van der Waals surface area contributed by atoms with E-state index in [9.17, 15) is 4.79 Å². The monoisotopic (exact) mass is 173 g/mol. The Balaban J connectivity index is 1.79. The van der Waals surface area contributed by atoms with Crippen molar-refractivity contribution in [2.75, 3.05) is 6.54 Å². The highest BCUT2D eigenvalue weighted by Crippen LogP contribution is 2.38. The molecule has 2 unspecified atom stereocenters. The highest BCUT2D eigenvalue weighted by atomic mass is 16.1. The Bertz CT molecular complexity index is 362. The molecule has 0 aromatic rings. The lowest BCUT2D eigenvalue weighted by molar-refractivity contribution is -0.119. The third-order valence-corrected chi connectivity index (χ3v) is 2.94. The summed E-state index contributed by atoms with van der Waals surface area (Å²) >= 11 is 0. The molecule has 1 saturated heterocycles. The molecular formula is C11H11NO. The number of hydrogen-bond donors (Lipinski definition) is 1. The van der Waals surface area contributed by atoms with E-state index in [4.69, 9.17) is 0 Å². The lowest BCUT2D eigenvalue weighted by Crippen LogP contribution is -2.14. The molecule has 13 heavy (non-hydrogen) atoms. The maximum Gasteiger partial charge on any atom is 0.220 e. The summed E-state index contributed by atoms with van der Waals surface area (Å²) in [6.45, 7) is 0.817. The first kappa shape index (κ1) is 7.13. The SMILES string of the molecule is O=C1CC(C2=CC3C=C3C=C2)CN1. The maximum atomic E-state index is 11.0. The summed E-state index contributed by atoms with van der Waals surface area (Å²) in [5.74, 6) is 1.20. The second kappa shape index (κ2) is 2.34. The quantitative estimate of drug-likeness (QED) is 0.633. The molecular weight excluding hydrogens is 162 g/mol. The van der Waals surface area contributed by atoms with E-state index < -0.39 is 0 Å². The van der Waals surface area contributed by atoms with Crippen molar-refractivity contribution < 1.29 is 4.79 Å². The van der Waals surface area contributed by atoms with Crippen LogP contribution in [0.3, 0.4) is 0 Å². The van der Waals surface area contributed by atoms with Crippen molar-refractivity contribution in [2.24, 2.45) is 11.8 Å². The molecule has 0 saturated carbocycles. The number of carbonyl (C=O) groups is 1. The lowest BCUT2D eigenvalue weighted by Gasteiger charge is -2.11. The van der Waals surface area contributed by atoms with E-state index in [0.717, 1.165) is 6.54 Å². The summed E-state index contributed by atoms with van der Waals surface area (Å²) < 4.78 is 0. The van der Waals surface area contributed by atoms with Gasteiger partial charge in [0.1, 0.15) is 0 Å². The van der Waals surface area contributed by atoms with Crippen LogP contribution in [0.5, 0.6) is 0 Å². The van der Waals surface area contributed by atoms with Gasteiger partial charge in [0.2, 0.25) is 5.91 Å². The van der Waals surface area contributed by atoms with Crippen LogP contribution in [0.2, 0.25) is 0 Å². The average molecular weight is 173 g/mol. The van der Waals surface area contributed by atoms with E-state index in [0.29, 0.717) is 18.3 Å². The predicted molar refractivity (Wildman–Crippen MR) is 49.9 cm³/mol. The molecule has 0 spiro atoms. The molecule has 2 nitrogen and oxygen atoms in total. The molecule has 1 N–H and O–H groups in total. The first-order valence-electron chi connectivity index (χ1n) is 4.71. The Morgan fingerprint density at radius 1 is 1.23 bits per heavy atom. The molecule has 66 valence electrons. The zero-order chi connectivity index (χ0) is 8.84. The van der Waals surface area contributed by atoms with Gasteiger partial charge in [0.25, 0.3) is 0 Å². The van der Waals surface area contributed by atoms with Gasteiger partial charge in [0.05, 0.1) is 0 Å². The van der Waals surface area contributed by atoms with Crippen molar-refractivity contribution in [3.63, 3.8) is 0 Å². The average Bonchev–Trinajstić information content (AvgIpc) is 2.79. The van der Waals surface area contributed by atoms with E-state index in [2.05, 4.69) is 29.6 Å². The summed E-state index contributed by atoms with van der Waals surface area (Å²) in [6.07, 6.45) is 9.51. The molecule has 0 aromatic carbocycles. The van der Waals surface area contributed by atoms with Crippen LogP contribution in [0.1, 0.15) is 6.42 Å². The summed E-state index contributed by atoms with van der Waals surface area (Å²) in [5.41, 5.74) is 2.77. The number of hydrogen-bond acceptors (Lipinski definition) is 1. The fourth-order valence-electron chi connectivity index (χ4n) is 2.04. The molecule has 1 amide bonds. The minimum Gasteiger partial charge on any atom is -0.355 e. The zero-order valence-corrected chi connectivity index (χ0v) is 7.29. The van der Waals surface area contributed by atoms with Gasteiger partial charge in [-0.15, -0.1) is 0 Å². The molecule has 1 aliphatic heterocycles. The highest BCUT2D eigenvalue weighted by Gasteiger charge is 2.29. The number of carbonyl (C=O) groups excluding carboxylic acids is 1. The third-order valence-electron chi connectivity index (χ3n) is 2.94. The van der Waals surface area contributed by atoms with Gasteiger partial charge in [-0.1, -0.05) is 24.3 Å². The fourth-order valence-corrected chi connectivity index (χ4v) is 2.04. The van der Waals surface area contributed by atoms with Gasteiger partial charge >= 0.3 is 0 Å². The van der Waals surface area contributed by atoms with Crippen molar-refractivity contribution in [1.29, 1.82) is 0 Å². The maximum absolute atomic E-state index is 11.0. The Morgan fingerprint density at radius 3 is 2.69 bits per heavy atom. The first-order chi connectivity index (χ1) is 6.33. The smallest absolute Gasteiger partial charge is 0.220 e. The van der Waals surface area contributed by atoms with Crippen LogP contribution in [-0.4, -0.2) is 12.5 Å². The van der Waals surface area contributed by atoms with E-state index >= 15 is 0 Å². The summed E-state index contributed by atoms with van der Waals surface area (Å²) in [4.78, 5) is 11.0. The number of rotatable bonds is 1. The lowest BCUT2D eigenvalue weighted by atomic mass is 9.93. The van der Waals surface area contributed by atoms with Crippen molar-refractivity contribution in [1.82, 2.24) is 5.32 Å². The topological polar surface area (TPSA) is 29.1 Å². The number of nitrogens with one attached hydrogen (secondary N) is 1. The Kier molecular flexibility index (Phi) is 1.29. The zero-order valence-electron chi connectivity index (χ0n) is 7.29. The normalized spacial score (nSPS) is 34.9. The molecule has 1 fully saturated rings. The molecule has 2 aliphatic carbocycles. The molecule has 0 radical (unpaired) electrons. The summed E-state index contributed by atoms with van der Waals surface area (Å²) in [5, 5.41) is 2.86. The predicted octanol–water partition coefficient (Wildman–Crippen LogP) is 1.17. The van der Waals surface area contributed by atoms with Gasteiger partial charge in [0, 0.05) is 24.8 Å². The first-order valence-corrected chi connectivity index (χ1v) is 4.71. The van der Waals surface area contributed by atoms with Gasteiger partial charge in [-0.3, -0.25) is 4.79 Å². The second-order valence-corrected chi connectivity index (χ2v) is 3.90. The number of amides is 1. The van der Waals surface area contributed by atoms with Crippen molar-refractivity contribution >= 4 is 5.91 Å². The van der Waals surface area contributed by atoms with Crippen LogP contribution in [0.15, 0.2) is 35.5 Å². The molecule has 2 heteroatoms. The van der Waals surface area contributed by atoms with E-state index in [1.165, 1.54) is 11.1 Å². The van der Waals surface area contributed by atoms with Crippen molar-refractivity contribution in [3.05, 3.63) is 35.5 Å². The van der Waals surface area contributed by atoms with E-state index in [1.807, 2.05) is 0 Å². The highest BCUT2D eigenvalue weighted by molar-refractivity contribution is 5.79. The molecule has 1 heterocycles. The van der Waals surface area contributed by atoms with Crippen LogP contribution in [0, 0.1) is 11.8 Å². The fraction of sp³-hybridized carbons (Fsp3) is 0.364. The van der Waals surface area contributed by atoms with Crippen LogP contribution in [0.25, 0.3) is 0 Å². The number of allylic oxidation sites excluding steroid dienone is 5. The van der Waals surface area contributed by atoms with Crippen LogP contribution >= 0.6 is 0 Å². The largest absolute Gasteiger partial charge is 0.355 e. The Hall–Kier alpha value is -1.31. The van der Waals surface area contributed by atoms with Crippen LogP contribution < -0.4 is 5.32 Å². The molecule has 3 rings (SSSR count). The van der Waals surface area contributed by atoms with Gasteiger partial charge in [-0.25, -0.2) is 0 Å². The number of fused-ring (bicyclic) bond motifs is 1. The van der Waals surface area contributed by atoms with Crippen molar-refractivity contribution in [2.45, 2.75) is 6.42 Å². The van der Waals surface area contributed by atoms with Crippen LogP contribution in [0.4, 0.5) is 0 Å². The standard InChI is InChI=1S/C11H11NO/c13-11-5-10(6-12-11)8-2-1-7-3-9(7)4-8/h1-4,9-10H,5-6H2,(H,12,13). The van der Waals surface area contributed by atoms with Gasteiger partial charge in [-0.05, 0) is 11.1 Å². The van der Waals surface area contributed by atoms with Crippen molar-refractivity contribution in [3.8, 4) is 0 Å². The molecule has 2 atom stereocenters. The molecule has 0 bridgehead atoms. The van der Waals surface area contributed by atoms with E-state index in [1.54, 1.807) is 0 Å². The third kappa shape index (κ3) is 1.13. The Morgan fingerprint density at radius 2 is 2.00 bits per heavy atom. The van der Waals surface area contributed by atoms with Crippen LogP contribution in [-0.2, 0) is 4.79 Å². The van der Waals surface area contributed by atoms with Gasteiger partial charge in [0.15, 0.2) is 0 Å². The minimum absolute atomic E-state index is 0.189. The van der Waals surface area contributed by atoms with Gasteiger partial charge in [-0.2, -0.15) is 0 Å². The molecule has 0 aromatic heterocycles. The molecule has 3 aliphatic rings. The summed E-state index contributed by atoms with van der Waals surface area (Å²) in [6, 6.07) is 0. The Labute approximate surface area is 77.0 Å².